The van der Waals surface area contributed by atoms with Crippen LogP contribution in [0.1, 0.15) is 12.5 Å². The van der Waals surface area contributed by atoms with Crippen LogP contribution in [0.15, 0.2) is 24.3 Å². The van der Waals surface area contributed by atoms with Crippen LogP contribution < -0.4 is 4.90 Å². The molecule has 1 aromatic carbocycles. The summed E-state index contributed by atoms with van der Waals surface area (Å²) in [6, 6.07) is 7.64. The Morgan fingerprint density at radius 2 is 2.18 bits per heavy atom. The molecule has 3 heteroatoms. The number of methoxy groups -OCH3 is 1. The molecule has 0 spiro atoms. The van der Waals surface area contributed by atoms with Crippen LogP contribution in [-0.2, 0) is 9.53 Å². The number of carbonyl (C=O) groups excluding carboxylic acids is 1. The number of amides is 1. The molecule has 1 rings (SSSR count). The van der Waals surface area contributed by atoms with Crippen LogP contribution in [0.5, 0.6) is 0 Å². The Labute approximate surface area is 102 Å². The minimum Gasteiger partial charge on any atom is -0.372 e. The van der Waals surface area contributed by atoms with Gasteiger partial charge in [0.2, 0.25) is 0 Å². The van der Waals surface area contributed by atoms with E-state index < -0.39 is 6.10 Å². The van der Waals surface area contributed by atoms with Crippen LogP contribution in [0.2, 0.25) is 0 Å². The minimum atomic E-state index is -0.497. The lowest BCUT2D eigenvalue weighted by Crippen LogP contribution is -2.39. The number of benzene rings is 1. The lowest BCUT2D eigenvalue weighted by Gasteiger charge is -2.24. The highest BCUT2D eigenvalue weighted by Gasteiger charge is 2.21. The van der Waals surface area contributed by atoms with Gasteiger partial charge < -0.3 is 4.74 Å². The first-order valence-electron chi connectivity index (χ1n) is 5.45. The van der Waals surface area contributed by atoms with Crippen molar-refractivity contribution in [2.45, 2.75) is 20.0 Å². The summed E-state index contributed by atoms with van der Waals surface area (Å²) in [5.74, 6) is 2.38. The monoisotopic (exact) mass is 231 g/mol. The molecule has 1 atom stereocenters. The molecule has 1 aromatic rings. The van der Waals surface area contributed by atoms with E-state index in [4.69, 9.17) is 11.2 Å². The van der Waals surface area contributed by atoms with E-state index in [0.717, 1.165) is 11.3 Å². The van der Waals surface area contributed by atoms with Gasteiger partial charge in [0.1, 0.15) is 6.10 Å². The first-order chi connectivity index (χ1) is 8.11. The van der Waals surface area contributed by atoms with E-state index in [1.54, 1.807) is 11.8 Å². The summed E-state index contributed by atoms with van der Waals surface area (Å²) in [5.41, 5.74) is 1.85. The fraction of sp³-hybridized carbons (Fsp3) is 0.357. The highest BCUT2D eigenvalue weighted by atomic mass is 16.5. The lowest BCUT2D eigenvalue weighted by molar-refractivity contribution is -0.127. The molecule has 1 amide bonds. The van der Waals surface area contributed by atoms with Gasteiger partial charge >= 0.3 is 0 Å². The molecule has 0 saturated heterocycles. The highest BCUT2D eigenvalue weighted by molar-refractivity contribution is 5.97. The second-order valence-corrected chi connectivity index (χ2v) is 3.79. The number of hydrogen-bond donors (Lipinski definition) is 0. The Balaban J connectivity index is 3.06. The van der Waals surface area contributed by atoms with Crippen molar-refractivity contribution in [3.05, 3.63) is 29.8 Å². The average Bonchev–Trinajstić information content (AvgIpc) is 2.35. The second kappa shape index (κ2) is 6.07. The first-order valence-corrected chi connectivity index (χ1v) is 5.45. The summed E-state index contributed by atoms with van der Waals surface area (Å²) in [6.45, 7) is 3.91. The number of hydrogen-bond acceptors (Lipinski definition) is 2. The Bertz CT molecular complexity index is 434. The largest absolute Gasteiger partial charge is 0.372 e. The predicted molar refractivity (Wildman–Crippen MR) is 68.8 cm³/mol. The molecule has 0 aliphatic heterocycles. The Morgan fingerprint density at radius 3 is 2.71 bits per heavy atom. The number of ether oxygens (including phenoxy) is 1. The topological polar surface area (TPSA) is 29.5 Å². The Hall–Kier alpha value is -1.79. The van der Waals surface area contributed by atoms with E-state index >= 15 is 0 Å². The van der Waals surface area contributed by atoms with Gasteiger partial charge in [0.05, 0.1) is 6.54 Å². The van der Waals surface area contributed by atoms with Gasteiger partial charge in [0, 0.05) is 12.8 Å². The SMILES string of the molecule is C#CCN(C(=O)C(C)OC)c1ccccc1C. The van der Waals surface area contributed by atoms with Crippen molar-refractivity contribution >= 4 is 11.6 Å². The number of terminal acetylenes is 1. The van der Waals surface area contributed by atoms with Crippen LogP contribution in [0.25, 0.3) is 0 Å². The molecule has 0 aliphatic carbocycles. The highest BCUT2D eigenvalue weighted by Crippen LogP contribution is 2.20. The van der Waals surface area contributed by atoms with E-state index in [2.05, 4.69) is 5.92 Å². The van der Waals surface area contributed by atoms with Gasteiger partial charge in [0.25, 0.3) is 5.91 Å². The molecule has 3 nitrogen and oxygen atoms in total. The number of anilines is 1. The summed E-state index contributed by atoms with van der Waals surface area (Å²) in [4.78, 5) is 13.7. The minimum absolute atomic E-state index is 0.125. The van der Waals surface area contributed by atoms with Gasteiger partial charge in [-0.2, -0.15) is 0 Å². The van der Waals surface area contributed by atoms with Crippen LogP contribution in [-0.4, -0.2) is 25.7 Å². The number of carbonyl (C=O) groups is 1. The molecule has 0 bridgehead atoms. The fourth-order valence-electron chi connectivity index (χ4n) is 1.56. The zero-order valence-corrected chi connectivity index (χ0v) is 10.4. The second-order valence-electron chi connectivity index (χ2n) is 3.79. The third-order valence-corrected chi connectivity index (χ3v) is 2.62. The normalized spacial score (nSPS) is 11.6. The van der Waals surface area contributed by atoms with Crippen LogP contribution >= 0.6 is 0 Å². The maximum Gasteiger partial charge on any atom is 0.256 e. The third-order valence-electron chi connectivity index (χ3n) is 2.62. The maximum atomic E-state index is 12.1. The summed E-state index contributed by atoms with van der Waals surface area (Å²) >= 11 is 0. The molecular weight excluding hydrogens is 214 g/mol. The van der Waals surface area contributed by atoms with Crippen molar-refractivity contribution in [1.82, 2.24) is 0 Å². The van der Waals surface area contributed by atoms with E-state index in [1.165, 1.54) is 7.11 Å². The molecule has 0 radical (unpaired) electrons. The number of para-hydroxylation sites is 1. The van der Waals surface area contributed by atoms with E-state index in [0.29, 0.717) is 0 Å². The van der Waals surface area contributed by atoms with Gasteiger partial charge in [-0.25, -0.2) is 0 Å². The Kier molecular flexibility index (Phi) is 4.74. The summed E-state index contributed by atoms with van der Waals surface area (Å²) in [6.07, 6.45) is 4.81. The molecule has 0 heterocycles. The average molecular weight is 231 g/mol. The molecule has 1 unspecified atom stereocenters. The quantitative estimate of drug-likeness (QED) is 0.742. The first kappa shape index (κ1) is 13.3. The van der Waals surface area contributed by atoms with Crippen molar-refractivity contribution in [2.24, 2.45) is 0 Å². The van der Waals surface area contributed by atoms with Crippen molar-refractivity contribution in [2.75, 3.05) is 18.6 Å². The fourth-order valence-corrected chi connectivity index (χ4v) is 1.56. The lowest BCUT2D eigenvalue weighted by atomic mass is 10.1. The third kappa shape index (κ3) is 3.08. The standard InChI is InChI=1S/C14H17NO2/c1-5-10-15(14(16)12(3)17-4)13-9-7-6-8-11(13)2/h1,6-9,12H,10H2,2-4H3. The van der Waals surface area contributed by atoms with Crippen molar-refractivity contribution < 1.29 is 9.53 Å². The molecule has 0 aliphatic rings. The summed E-state index contributed by atoms with van der Waals surface area (Å²) < 4.78 is 5.04. The number of nitrogens with zero attached hydrogens (tertiary/aromatic N) is 1. The zero-order valence-electron chi connectivity index (χ0n) is 10.4. The molecule has 0 aromatic heterocycles. The van der Waals surface area contributed by atoms with Crippen LogP contribution in [0.4, 0.5) is 5.69 Å². The molecule has 0 saturated carbocycles. The zero-order chi connectivity index (χ0) is 12.8. The van der Waals surface area contributed by atoms with Gasteiger partial charge in [0.15, 0.2) is 0 Å². The van der Waals surface area contributed by atoms with Crippen molar-refractivity contribution in [1.29, 1.82) is 0 Å². The van der Waals surface area contributed by atoms with E-state index in [1.807, 2.05) is 31.2 Å². The number of rotatable bonds is 4. The van der Waals surface area contributed by atoms with Crippen LogP contribution in [0.3, 0.4) is 0 Å². The summed E-state index contributed by atoms with van der Waals surface area (Å²) in [5, 5.41) is 0. The number of aryl methyl sites for hydroxylation is 1. The van der Waals surface area contributed by atoms with Gasteiger partial charge in [-0.1, -0.05) is 24.1 Å². The van der Waals surface area contributed by atoms with Gasteiger partial charge in [-0.15, -0.1) is 6.42 Å². The molecule has 90 valence electrons. The summed E-state index contributed by atoms with van der Waals surface area (Å²) in [7, 11) is 1.51. The predicted octanol–water partition coefficient (Wildman–Crippen LogP) is 2.00. The molecule has 0 fully saturated rings. The van der Waals surface area contributed by atoms with E-state index in [-0.39, 0.29) is 12.5 Å². The van der Waals surface area contributed by atoms with Crippen molar-refractivity contribution in [3.8, 4) is 12.3 Å². The van der Waals surface area contributed by atoms with Gasteiger partial charge in [-0.3, -0.25) is 9.69 Å². The smallest absolute Gasteiger partial charge is 0.256 e. The molecular formula is C14H17NO2. The van der Waals surface area contributed by atoms with Crippen molar-refractivity contribution in [3.63, 3.8) is 0 Å². The maximum absolute atomic E-state index is 12.1. The molecule has 0 N–H and O–H groups in total. The van der Waals surface area contributed by atoms with Gasteiger partial charge in [-0.05, 0) is 25.5 Å². The van der Waals surface area contributed by atoms with Crippen LogP contribution in [0, 0.1) is 19.3 Å². The molecule has 17 heavy (non-hydrogen) atoms. The Morgan fingerprint density at radius 1 is 1.53 bits per heavy atom. The van der Waals surface area contributed by atoms with E-state index in [9.17, 15) is 4.79 Å².